The molecule has 1 heterocycles. The number of likely N-dealkylation sites (tertiary alicyclic amines) is 1. The number of nitrogens with two attached hydrogens (primary N) is 1. The molecule has 22 heavy (non-hydrogen) atoms. The number of carbonyl (C=O) groups is 4. The number of Topliss-reactive ketones (excluding diaryl/α,β-unsaturated/α-hetero) is 1. The lowest BCUT2D eigenvalue weighted by Crippen LogP contribution is -2.44. The molecule has 2 atom stereocenters. The molecule has 1 aliphatic heterocycles. The van der Waals surface area contributed by atoms with Gasteiger partial charge in [0.1, 0.15) is 5.78 Å². The van der Waals surface area contributed by atoms with Crippen LogP contribution >= 0.6 is 11.8 Å². The van der Waals surface area contributed by atoms with Gasteiger partial charge in [0.25, 0.3) is 0 Å². The Hall–Kier alpha value is -1.41. The summed E-state index contributed by atoms with van der Waals surface area (Å²) in [6.45, 7) is 5.61. The van der Waals surface area contributed by atoms with Gasteiger partial charge in [-0.25, -0.2) is 0 Å². The van der Waals surface area contributed by atoms with Gasteiger partial charge in [-0.05, 0) is 12.8 Å². The molecule has 0 aromatic rings. The fourth-order valence-electron chi connectivity index (χ4n) is 1.98. The maximum absolute atomic E-state index is 12.1. The molecule has 0 aliphatic carbocycles. The van der Waals surface area contributed by atoms with Gasteiger partial charge >= 0.3 is 0 Å². The van der Waals surface area contributed by atoms with Gasteiger partial charge in [-0.15, -0.1) is 11.8 Å². The third-order valence-corrected chi connectivity index (χ3v) is 4.40. The molecule has 7 nitrogen and oxygen atoms in total. The zero-order chi connectivity index (χ0) is 16.9. The van der Waals surface area contributed by atoms with E-state index in [4.69, 9.17) is 5.73 Å². The average molecular weight is 329 g/mol. The molecule has 0 bridgehead atoms. The van der Waals surface area contributed by atoms with E-state index in [9.17, 15) is 19.2 Å². The third kappa shape index (κ3) is 5.42. The monoisotopic (exact) mass is 329 g/mol. The Kier molecular flexibility index (Phi) is 7.02. The van der Waals surface area contributed by atoms with Crippen LogP contribution in [0.5, 0.6) is 0 Å². The average Bonchev–Trinajstić information content (AvgIpc) is 2.69. The molecule has 0 radical (unpaired) electrons. The number of hydrogen-bond acceptors (Lipinski definition) is 6. The Morgan fingerprint density at radius 2 is 2.05 bits per heavy atom. The molecule has 1 saturated heterocycles. The molecule has 124 valence electrons. The van der Waals surface area contributed by atoms with Crippen molar-refractivity contribution in [3.8, 4) is 0 Å². The van der Waals surface area contributed by atoms with Gasteiger partial charge in [-0.3, -0.25) is 24.1 Å². The van der Waals surface area contributed by atoms with E-state index in [-0.39, 0.29) is 42.2 Å². The van der Waals surface area contributed by atoms with Crippen LogP contribution in [0.15, 0.2) is 0 Å². The second kappa shape index (κ2) is 8.28. The van der Waals surface area contributed by atoms with Crippen LogP contribution in [-0.4, -0.2) is 58.5 Å². The molecule has 0 aromatic carbocycles. The second-order valence-corrected chi connectivity index (χ2v) is 7.02. The van der Waals surface area contributed by atoms with Crippen LogP contribution in [0.4, 0.5) is 0 Å². The van der Waals surface area contributed by atoms with Gasteiger partial charge in [0.2, 0.25) is 17.7 Å². The number of thioether (sulfide) groups is 1. The number of amides is 3. The lowest BCUT2D eigenvalue weighted by molar-refractivity contribution is -0.138. The van der Waals surface area contributed by atoms with Gasteiger partial charge in [0.15, 0.2) is 0 Å². The van der Waals surface area contributed by atoms with Gasteiger partial charge in [-0.1, -0.05) is 13.8 Å². The lowest BCUT2D eigenvalue weighted by Gasteiger charge is -2.17. The number of carbonyl (C=O) groups excluding carboxylic acids is 4. The first-order chi connectivity index (χ1) is 10.2. The van der Waals surface area contributed by atoms with Crippen molar-refractivity contribution in [1.29, 1.82) is 0 Å². The van der Waals surface area contributed by atoms with Crippen molar-refractivity contribution in [2.45, 2.75) is 38.5 Å². The highest BCUT2D eigenvalue weighted by Crippen LogP contribution is 2.26. The molecule has 0 saturated carbocycles. The number of ketones is 1. The fourth-order valence-corrected chi connectivity index (χ4v) is 3.10. The summed E-state index contributed by atoms with van der Waals surface area (Å²) in [6.07, 6.45) is 0.151. The SMILES string of the molecule is CC(=O)CNC(=O)[C@H](N)CSC1CC(=O)N(CC(C)C)C1=O. The zero-order valence-electron chi connectivity index (χ0n) is 13.1. The minimum absolute atomic E-state index is 0.0553. The quantitative estimate of drug-likeness (QED) is 0.583. The van der Waals surface area contributed by atoms with Gasteiger partial charge in [0.05, 0.1) is 17.8 Å². The van der Waals surface area contributed by atoms with Gasteiger partial charge in [-0.2, -0.15) is 0 Å². The van der Waals surface area contributed by atoms with Crippen molar-refractivity contribution in [2.24, 2.45) is 11.7 Å². The second-order valence-electron chi connectivity index (χ2n) is 5.79. The normalized spacial score (nSPS) is 19.7. The van der Waals surface area contributed by atoms with Crippen molar-refractivity contribution in [3.05, 3.63) is 0 Å². The molecule has 1 fully saturated rings. The topological polar surface area (TPSA) is 110 Å². The van der Waals surface area contributed by atoms with E-state index in [1.165, 1.54) is 23.6 Å². The van der Waals surface area contributed by atoms with E-state index in [1.807, 2.05) is 13.8 Å². The molecule has 1 unspecified atom stereocenters. The lowest BCUT2D eigenvalue weighted by atomic mass is 10.2. The van der Waals surface area contributed by atoms with Crippen LogP contribution in [0.1, 0.15) is 27.2 Å². The number of hydrogen-bond donors (Lipinski definition) is 2. The first-order valence-corrected chi connectivity index (χ1v) is 8.25. The van der Waals surface area contributed by atoms with E-state index in [2.05, 4.69) is 5.32 Å². The summed E-state index contributed by atoms with van der Waals surface area (Å²) in [5, 5.41) is 1.95. The minimum atomic E-state index is -0.814. The van der Waals surface area contributed by atoms with Crippen LogP contribution in [0.3, 0.4) is 0 Å². The Morgan fingerprint density at radius 3 is 2.59 bits per heavy atom. The van der Waals surface area contributed by atoms with E-state index in [0.29, 0.717) is 6.54 Å². The molecule has 3 amide bonds. The molecular weight excluding hydrogens is 306 g/mol. The van der Waals surface area contributed by atoms with Crippen LogP contribution in [0, 0.1) is 5.92 Å². The van der Waals surface area contributed by atoms with E-state index < -0.39 is 17.2 Å². The third-order valence-electron chi connectivity index (χ3n) is 3.08. The Bertz CT molecular complexity index is 467. The first kappa shape index (κ1) is 18.6. The molecule has 0 spiro atoms. The van der Waals surface area contributed by atoms with Crippen molar-refractivity contribution in [2.75, 3.05) is 18.8 Å². The molecule has 1 aliphatic rings. The van der Waals surface area contributed by atoms with E-state index >= 15 is 0 Å². The largest absolute Gasteiger partial charge is 0.348 e. The maximum atomic E-state index is 12.1. The van der Waals surface area contributed by atoms with Crippen LogP contribution < -0.4 is 11.1 Å². The molecule has 0 aromatic heterocycles. The zero-order valence-corrected chi connectivity index (χ0v) is 13.9. The van der Waals surface area contributed by atoms with Crippen molar-refractivity contribution in [3.63, 3.8) is 0 Å². The Labute approximate surface area is 134 Å². The summed E-state index contributed by atoms with van der Waals surface area (Å²) in [5.41, 5.74) is 5.72. The van der Waals surface area contributed by atoms with Crippen LogP contribution in [-0.2, 0) is 19.2 Å². The number of nitrogens with zero attached hydrogens (tertiary/aromatic N) is 1. The number of imide groups is 1. The highest BCUT2D eigenvalue weighted by atomic mass is 32.2. The summed E-state index contributed by atoms with van der Waals surface area (Å²) in [4.78, 5) is 47.7. The standard InChI is InChI=1S/C14H23N3O4S/c1-8(2)6-17-12(19)4-11(14(17)21)22-7-10(15)13(20)16-5-9(3)18/h8,10-11H,4-7,15H2,1-3H3,(H,16,20)/t10-,11?/m1/s1. The van der Waals surface area contributed by atoms with E-state index in [0.717, 1.165) is 0 Å². The predicted octanol–water partition coefficient (Wildman–Crippen LogP) is -0.464. The first-order valence-electron chi connectivity index (χ1n) is 7.21. The Morgan fingerprint density at radius 1 is 1.41 bits per heavy atom. The molecule has 1 rings (SSSR count). The summed E-state index contributed by atoms with van der Waals surface area (Å²) >= 11 is 1.21. The number of rotatable bonds is 8. The molecular formula is C14H23N3O4S. The smallest absolute Gasteiger partial charge is 0.242 e. The summed E-state index contributed by atoms with van der Waals surface area (Å²) in [5.74, 6) is -0.530. The fraction of sp³-hybridized carbons (Fsp3) is 0.714. The highest BCUT2D eigenvalue weighted by Gasteiger charge is 2.39. The summed E-state index contributed by atoms with van der Waals surface area (Å²) in [6, 6.07) is -0.814. The maximum Gasteiger partial charge on any atom is 0.242 e. The van der Waals surface area contributed by atoms with Gasteiger partial charge < -0.3 is 11.1 Å². The van der Waals surface area contributed by atoms with Gasteiger partial charge in [0, 0.05) is 18.7 Å². The minimum Gasteiger partial charge on any atom is -0.348 e. The van der Waals surface area contributed by atoms with Crippen molar-refractivity contribution < 1.29 is 19.2 Å². The highest BCUT2D eigenvalue weighted by molar-refractivity contribution is 8.00. The van der Waals surface area contributed by atoms with E-state index in [1.54, 1.807) is 0 Å². The van der Waals surface area contributed by atoms with Crippen LogP contribution in [0.25, 0.3) is 0 Å². The summed E-state index contributed by atoms with van der Waals surface area (Å²) < 4.78 is 0. The predicted molar refractivity (Wildman–Crippen MR) is 84.1 cm³/mol. The summed E-state index contributed by atoms with van der Waals surface area (Å²) in [7, 11) is 0. The molecule has 8 heteroatoms. The van der Waals surface area contributed by atoms with Crippen LogP contribution in [0.2, 0.25) is 0 Å². The van der Waals surface area contributed by atoms with Crippen molar-refractivity contribution in [1.82, 2.24) is 10.2 Å². The number of nitrogens with one attached hydrogen (secondary N) is 1. The van der Waals surface area contributed by atoms with Crippen molar-refractivity contribution >= 4 is 35.3 Å². The Balaban J connectivity index is 2.44. The molecule has 3 N–H and O–H groups in total.